The van der Waals surface area contributed by atoms with Gasteiger partial charge < -0.3 is 5.32 Å². The Hall–Kier alpha value is -1.09. The molecule has 5 nitrogen and oxygen atoms in total. The fraction of sp³-hybridized carbons (Fsp3) is 0.571. The van der Waals surface area contributed by atoms with Crippen LogP contribution in [-0.2, 0) is 18.7 Å². The number of hydrogen-bond donors (Lipinski definition) is 0. The minimum atomic E-state index is -1.58. The Kier molecular flexibility index (Phi) is 2.88. The van der Waals surface area contributed by atoms with Crippen molar-refractivity contribution in [1.29, 1.82) is 0 Å². The van der Waals surface area contributed by atoms with Gasteiger partial charge in [0, 0.05) is 7.05 Å². The van der Waals surface area contributed by atoms with Crippen LogP contribution in [0.2, 0.25) is 0 Å². The van der Waals surface area contributed by atoms with Crippen molar-refractivity contribution in [2.45, 2.75) is 0 Å². The van der Waals surface area contributed by atoms with Gasteiger partial charge in [0.25, 0.3) is 0 Å². The van der Waals surface area contributed by atoms with Crippen LogP contribution in [0.4, 0.5) is 5.82 Å². The third-order valence-electron chi connectivity index (χ3n) is 1.89. The van der Waals surface area contributed by atoms with Crippen molar-refractivity contribution in [1.82, 2.24) is 8.66 Å². The van der Waals surface area contributed by atoms with E-state index in [1.54, 1.807) is 42.9 Å². The molecule has 0 aromatic carbocycles. The van der Waals surface area contributed by atoms with E-state index in [4.69, 9.17) is 0 Å². The molecule has 1 aromatic heterocycles. The van der Waals surface area contributed by atoms with E-state index in [1.165, 1.54) is 0 Å². The lowest BCUT2D eigenvalue weighted by Crippen LogP contribution is -2.16. The monoisotopic (exact) mass is 200 g/mol. The normalized spacial score (nSPS) is 13.2. The second-order valence-electron chi connectivity index (χ2n) is 2.61. The van der Waals surface area contributed by atoms with Crippen molar-refractivity contribution >= 4 is 13.5 Å². The molecule has 1 heterocycles. The van der Waals surface area contributed by atoms with Crippen molar-refractivity contribution in [2.75, 3.05) is 14.1 Å². The minimum absolute atomic E-state index is 0.694. The maximum atomic E-state index is 11.7. The standard InChI is InChI=1S/C7H13N4OP/c1-8-6-5-7(9-2)11(4)13(12)10(6)3/h5H,1-4H3. The second-order valence-corrected chi connectivity index (χ2v) is 4.31. The van der Waals surface area contributed by atoms with E-state index >= 15 is 0 Å². The molecule has 72 valence electrons. The highest BCUT2D eigenvalue weighted by Gasteiger charge is 2.05. The summed E-state index contributed by atoms with van der Waals surface area (Å²) in [4.78, 5) is 4.01. The van der Waals surface area contributed by atoms with Crippen LogP contribution in [0, 0.1) is 0 Å². The molecule has 1 rings (SSSR count). The van der Waals surface area contributed by atoms with Gasteiger partial charge in [-0.2, -0.15) is 0 Å². The number of rotatable bonds is 1. The van der Waals surface area contributed by atoms with E-state index in [1.807, 2.05) is 0 Å². The van der Waals surface area contributed by atoms with Crippen LogP contribution in [-0.4, -0.2) is 22.8 Å². The first-order valence-corrected chi connectivity index (χ1v) is 5.01. The second kappa shape index (κ2) is 3.75. The van der Waals surface area contributed by atoms with Gasteiger partial charge in [0.1, 0.15) is 0 Å². The molecule has 0 radical (unpaired) electrons. The summed E-state index contributed by atoms with van der Waals surface area (Å²) in [7, 11) is 5.26. The summed E-state index contributed by atoms with van der Waals surface area (Å²) < 4.78 is 14.9. The van der Waals surface area contributed by atoms with E-state index in [0.29, 0.717) is 11.3 Å². The van der Waals surface area contributed by atoms with Gasteiger partial charge in [0.15, 0.2) is 5.49 Å². The summed E-state index contributed by atoms with van der Waals surface area (Å²) >= 11 is 0. The van der Waals surface area contributed by atoms with Crippen molar-refractivity contribution in [3.63, 3.8) is 0 Å². The van der Waals surface area contributed by atoms with Crippen molar-refractivity contribution < 1.29 is 4.57 Å². The molecule has 0 bridgehead atoms. The number of hydrogen-bond acceptors (Lipinski definition) is 2. The zero-order valence-electron chi connectivity index (χ0n) is 8.22. The molecular formula is C7H13N4OP. The maximum Gasteiger partial charge on any atom is 0.518 e. The van der Waals surface area contributed by atoms with Crippen LogP contribution in [0.25, 0.3) is 5.32 Å². The molecule has 0 spiro atoms. The highest BCUT2D eigenvalue weighted by molar-refractivity contribution is 7.28. The molecule has 0 aliphatic carbocycles. The summed E-state index contributed by atoms with van der Waals surface area (Å²) in [5, 5.41) is 4.01. The highest BCUT2D eigenvalue weighted by atomic mass is 31.1. The largest absolute Gasteiger partial charge is 0.518 e. The Morgan fingerprint density at radius 1 is 1.46 bits per heavy atom. The first-order chi connectivity index (χ1) is 6.11. The average Bonchev–Trinajstić information content (AvgIpc) is 2.15. The predicted molar refractivity (Wildman–Crippen MR) is 52.4 cm³/mol. The SMILES string of the molecule is CN=c1cc([N-]C)n(C)[p+](=O)n1C. The van der Waals surface area contributed by atoms with Crippen molar-refractivity contribution in [3.05, 3.63) is 16.9 Å². The van der Waals surface area contributed by atoms with Crippen molar-refractivity contribution in [3.8, 4) is 0 Å². The van der Waals surface area contributed by atoms with Crippen LogP contribution in [0.3, 0.4) is 0 Å². The van der Waals surface area contributed by atoms with Gasteiger partial charge in [-0.3, -0.25) is 9.32 Å². The molecule has 0 saturated heterocycles. The molecule has 6 heteroatoms. The molecule has 0 fully saturated rings. The Bertz CT molecular complexity index is 431. The van der Waals surface area contributed by atoms with Gasteiger partial charge in [-0.15, -0.1) is 4.33 Å². The number of nitrogens with zero attached hydrogens (tertiary/aromatic N) is 4. The smallest absolute Gasteiger partial charge is 0.466 e. The van der Waals surface area contributed by atoms with Crippen molar-refractivity contribution in [2.24, 2.45) is 19.1 Å². The highest BCUT2D eigenvalue weighted by Crippen LogP contribution is 2.19. The van der Waals surface area contributed by atoms with Crippen LogP contribution in [0.5, 0.6) is 0 Å². The summed E-state index contributed by atoms with van der Waals surface area (Å²) in [6.45, 7) is 0. The van der Waals surface area contributed by atoms with E-state index < -0.39 is 7.73 Å². The third-order valence-corrected chi connectivity index (χ3v) is 3.33. The van der Waals surface area contributed by atoms with Crippen LogP contribution >= 0.6 is 7.73 Å². The molecule has 1 atom stereocenters. The first kappa shape index (κ1) is 9.99. The minimum Gasteiger partial charge on any atom is -0.466 e. The van der Waals surface area contributed by atoms with Gasteiger partial charge in [-0.1, -0.05) is 7.05 Å². The maximum absolute atomic E-state index is 11.7. The topological polar surface area (TPSA) is 53.4 Å². The lowest BCUT2D eigenvalue weighted by atomic mass is 10.6. The lowest BCUT2D eigenvalue weighted by molar-refractivity contribution is 0.578. The van der Waals surface area contributed by atoms with Crippen LogP contribution < -0.4 is 5.49 Å². The quantitative estimate of drug-likeness (QED) is 0.673. The van der Waals surface area contributed by atoms with E-state index in [9.17, 15) is 4.57 Å². The zero-order chi connectivity index (χ0) is 10.0. The van der Waals surface area contributed by atoms with Gasteiger partial charge in [0.05, 0.1) is 7.05 Å². The third kappa shape index (κ3) is 1.65. The zero-order valence-corrected chi connectivity index (χ0v) is 9.12. The molecule has 0 saturated carbocycles. The van der Waals surface area contributed by atoms with Gasteiger partial charge in [0.2, 0.25) is 0 Å². The Balaban J connectivity index is 3.66. The lowest BCUT2D eigenvalue weighted by Gasteiger charge is -2.10. The summed E-state index contributed by atoms with van der Waals surface area (Å²) in [5.41, 5.74) is 0.694. The molecule has 0 aliphatic rings. The Labute approximate surface area is 77.6 Å². The van der Waals surface area contributed by atoms with Crippen LogP contribution in [0.15, 0.2) is 11.1 Å². The summed E-state index contributed by atoms with van der Waals surface area (Å²) in [5.74, 6) is 0.694. The van der Waals surface area contributed by atoms with E-state index in [-0.39, 0.29) is 0 Å². The molecule has 0 amide bonds. The summed E-state index contributed by atoms with van der Waals surface area (Å²) in [6.07, 6.45) is 0. The molecule has 13 heavy (non-hydrogen) atoms. The molecular weight excluding hydrogens is 187 g/mol. The number of aromatic nitrogens is 2. The Morgan fingerprint density at radius 3 is 2.54 bits per heavy atom. The fourth-order valence-corrected chi connectivity index (χ4v) is 2.14. The van der Waals surface area contributed by atoms with Gasteiger partial charge >= 0.3 is 7.73 Å². The molecule has 1 unspecified atom stereocenters. The molecule has 0 N–H and O–H groups in total. The van der Waals surface area contributed by atoms with E-state index in [0.717, 1.165) is 0 Å². The molecule has 1 aromatic rings. The average molecular weight is 200 g/mol. The van der Waals surface area contributed by atoms with Gasteiger partial charge in [-0.05, 0) is 23.5 Å². The Morgan fingerprint density at radius 2 is 2.08 bits per heavy atom. The molecule has 0 aliphatic heterocycles. The first-order valence-electron chi connectivity index (χ1n) is 3.84. The van der Waals surface area contributed by atoms with E-state index in [2.05, 4.69) is 10.3 Å². The predicted octanol–water partition coefficient (Wildman–Crippen LogP) is 1.27. The summed E-state index contributed by atoms with van der Waals surface area (Å²) in [6, 6.07) is 1.80. The fourth-order valence-electron chi connectivity index (χ4n) is 1.10. The van der Waals surface area contributed by atoms with Gasteiger partial charge in [-0.25, -0.2) is 0 Å². The van der Waals surface area contributed by atoms with Crippen LogP contribution in [0.1, 0.15) is 0 Å².